The first-order chi connectivity index (χ1) is 6.77. The van der Waals surface area contributed by atoms with Gasteiger partial charge in [0.1, 0.15) is 0 Å². The molecule has 2 N–H and O–H groups in total. The molecule has 80 valence electrons. The van der Waals surface area contributed by atoms with E-state index in [2.05, 4.69) is 30.0 Å². The summed E-state index contributed by atoms with van der Waals surface area (Å²) in [7, 11) is 2.11. The Balaban J connectivity index is 2.42. The lowest BCUT2D eigenvalue weighted by Gasteiger charge is -2.16. The molecule has 0 aromatic carbocycles. The fraction of sp³-hybridized carbons (Fsp3) is 0.700. The van der Waals surface area contributed by atoms with Crippen molar-refractivity contribution in [2.75, 3.05) is 20.1 Å². The third kappa shape index (κ3) is 3.12. The van der Waals surface area contributed by atoms with Gasteiger partial charge in [0.2, 0.25) is 0 Å². The van der Waals surface area contributed by atoms with Gasteiger partial charge in [-0.15, -0.1) is 0 Å². The monoisotopic (exact) mass is 196 g/mol. The number of rotatable bonds is 6. The van der Waals surface area contributed by atoms with Gasteiger partial charge < -0.3 is 10.6 Å². The maximum atomic E-state index is 5.46. The van der Waals surface area contributed by atoms with E-state index in [0.29, 0.717) is 0 Å². The predicted octanol–water partition coefficient (Wildman–Crippen LogP) is 0.684. The summed E-state index contributed by atoms with van der Waals surface area (Å²) in [6.45, 7) is 5.81. The maximum Gasteiger partial charge on any atom is 0.0524 e. The standard InChI is InChI=1S/C10H20N4/c1-3-14-10(5-7-12-14)9-13(2)8-4-6-11/h5,7H,3-4,6,8-9,11H2,1-2H3. The van der Waals surface area contributed by atoms with Gasteiger partial charge in [0.05, 0.1) is 5.69 Å². The number of nitrogens with two attached hydrogens (primary N) is 1. The van der Waals surface area contributed by atoms with Crippen molar-refractivity contribution in [3.63, 3.8) is 0 Å². The van der Waals surface area contributed by atoms with Crippen LogP contribution in [0.15, 0.2) is 12.3 Å². The molecule has 0 saturated carbocycles. The van der Waals surface area contributed by atoms with Crippen LogP contribution >= 0.6 is 0 Å². The lowest BCUT2D eigenvalue weighted by molar-refractivity contribution is 0.312. The maximum absolute atomic E-state index is 5.46. The molecule has 0 bridgehead atoms. The highest BCUT2D eigenvalue weighted by Gasteiger charge is 2.03. The van der Waals surface area contributed by atoms with E-state index < -0.39 is 0 Å². The van der Waals surface area contributed by atoms with Crippen LogP contribution in [0.25, 0.3) is 0 Å². The summed E-state index contributed by atoms with van der Waals surface area (Å²) >= 11 is 0. The van der Waals surface area contributed by atoms with Gasteiger partial charge in [-0.25, -0.2) is 0 Å². The Bertz CT molecular complexity index is 256. The van der Waals surface area contributed by atoms with Gasteiger partial charge in [-0.2, -0.15) is 5.10 Å². The van der Waals surface area contributed by atoms with Crippen LogP contribution in [0.3, 0.4) is 0 Å². The zero-order chi connectivity index (χ0) is 10.4. The van der Waals surface area contributed by atoms with Gasteiger partial charge in [-0.1, -0.05) is 0 Å². The second-order valence-corrected chi connectivity index (χ2v) is 3.52. The van der Waals surface area contributed by atoms with E-state index >= 15 is 0 Å². The quantitative estimate of drug-likeness (QED) is 0.728. The average molecular weight is 196 g/mol. The van der Waals surface area contributed by atoms with Crippen LogP contribution in [0.1, 0.15) is 19.0 Å². The summed E-state index contributed by atoms with van der Waals surface area (Å²) in [5.41, 5.74) is 6.73. The van der Waals surface area contributed by atoms with E-state index in [-0.39, 0.29) is 0 Å². The fourth-order valence-electron chi connectivity index (χ4n) is 1.50. The highest BCUT2D eigenvalue weighted by atomic mass is 15.3. The summed E-state index contributed by atoms with van der Waals surface area (Å²) in [6, 6.07) is 2.07. The first-order valence-corrected chi connectivity index (χ1v) is 5.17. The minimum atomic E-state index is 0.761. The first-order valence-electron chi connectivity index (χ1n) is 5.17. The van der Waals surface area contributed by atoms with E-state index in [1.807, 2.05) is 10.9 Å². The molecule has 0 aliphatic heterocycles. The van der Waals surface area contributed by atoms with Gasteiger partial charge in [-0.05, 0) is 39.5 Å². The molecule has 1 aromatic rings. The van der Waals surface area contributed by atoms with E-state index in [1.54, 1.807) is 0 Å². The zero-order valence-corrected chi connectivity index (χ0v) is 9.11. The van der Waals surface area contributed by atoms with Crippen LogP contribution in [0.5, 0.6) is 0 Å². The van der Waals surface area contributed by atoms with Crippen LogP contribution in [0, 0.1) is 0 Å². The van der Waals surface area contributed by atoms with Crippen molar-refractivity contribution in [1.29, 1.82) is 0 Å². The predicted molar refractivity (Wildman–Crippen MR) is 57.9 cm³/mol. The Morgan fingerprint density at radius 3 is 3.00 bits per heavy atom. The highest BCUT2D eigenvalue weighted by Crippen LogP contribution is 2.02. The first kappa shape index (κ1) is 11.2. The van der Waals surface area contributed by atoms with Gasteiger partial charge >= 0.3 is 0 Å². The third-order valence-electron chi connectivity index (χ3n) is 2.28. The Kier molecular flexibility index (Phi) is 4.62. The smallest absolute Gasteiger partial charge is 0.0524 e. The molecule has 0 spiro atoms. The molecule has 0 radical (unpaired) electrons. The molecule has 0 atom stereocenters. The van der Waals surface area contributed by atoms with Crippen LogP contribution in [0.4, 0.5) is 0 Å². The molecule has 4 heteroatoms. The number of aromatic nitrogens is 2. The molecular formula is C10H20N4. The van der Waals surface area contributed by atoms with Gasteiger partial charge in [0.15, 0.2) is 0 Å². The Labute approximate surface area is 85.7 Å². The minimum Gasteiger partial charge on any atom is -0.330 e. The van der Waals surface area contributed by atoms with Crippen LogP contribution < -0.4 is 5.73 Å². The SMILES string of the molecule is CCn1nccc1CN(C)CCCN. The number of nitrogens with zero attached hydrogens (tertiary/aromatic N) is 3. The van der Waals surface area contributed by atoms with Crippen molar-refractivity contribution >= 4 is 0 Å². The lowest BCUT2D eigenvalue weighted by atomic mass is 10.3. The number of hydrogen-bond acceptors (Lipinski definition) is 3. The Morgan fingerprint density at radius 1 is 1.57 bits per heavy atom. The van der Waals surface area contributed by atoms with Crippen molar-refractivity contribution < 1.29 is 0 Å². The molecule has 1 heterocycles. The van der Waals surface area contributed by atoms with Crippen LogP contribution in [-0.2, 0) is 13.1 Å². The summed E-state index contributed by atoms with van der Waals surface area (Å²) in [5.74, 6) is 0. The largest absolute Gasteiger partial charge is 0.330 e. The van der Waals surface area contributed by atoms with E-state index in [9.17, 15) is 0 Å². The third-order valence-corrected chi connectivity index (χ3v) is 2.28. The van der Waals surface area contributed by atoms with Gasteiger partial charge in [-0.3, -0.25) is 4.68 Å². The second kappa shape index (κ2) is 5.78. The fourth-order valence-corrected chi connectivity index (χ4v) is 1.50. The average Bonchev–Trinajstić information content (AvgIpc) is 2.62. The summed E-state index contributed by atoms with van der Waals surface area (Å²) in [6.07, 6.45) is 2.91. The molecule has 4 nitrogen and oxygen atoms in total. The Morgan fingerprint density at radius 2 is 2.36 bits per heavy atom. The van der Waals surface area contributed by atoms with Crippen molar-refractivity contribution in [3.05, 3.63) is 18.0 Å². The topological polar surface area (TPSA) is 47.1 Å². The van der Waals surface area contributed by atoms with Crippen LogP contribution in [-0.4, -0.2) is 34.8 Å². The molecule has 0 aliphatic carbocycles. The van der Waals surface area contributed by atoms with E-state index in [0.717, 1.165) is 32.6 Å². The number of aryl methyl sites for hydroxylation is 1. The molecule has 1 aromatic heterocycles. The molecule has 0 unspecified atom stereocenters. The van der Waals surface area contributed by atoms with Crippen molar-refractivity contribution in [1.82, 2.24) is 14.7 Å². The summed E-state index contributed by atoms with van der Waals surface area (Å²) < 4.78 is 2.03. The molecule has 0 amide bonds. The van der Waals surface area contributed by atoms with Gasteiger partial charge in [0.25, 0.3) is 0 Å². The van der Waals surface area contributed by atoms with Gasteiger partial charge in [0, 0.05) is 19.3 Å². The normalized spacial score (nSPS) is 11.1. The van der Waals surface area contributed by atoms with E-state index in [1.165, 1.54) is 5.69 Å². The Hall–Kier alpha value is -0.870. The minimum absolute atomic E-state index is 0.761. The number of hydrogen-bond donors (Lipinski definition) is 1. The van der Waals surface area contributed by atoms with Crippen molar-refractivity contribution in [2.24, 2.45) is 5.73 Å². The van der Waals surface area contributed by atoms with Crippen LogP contribution in [0.2, 0.25) is 0 Å². The molecule has 0 fully saturated rings. The second-order valence-electron chi connectivity index (χ2n) is 3.52. The summed E-state index contributed by atoms with van der Waals surface area (Å²) in [5, 5.41) is 4.23. The molecule has 14 heavy (non-hydrogen) atoms. The molecule has 1 rings (SSSR count). The molecule has 0 aliphatic rings. The highest BCUT2D eigenvalue weighted by molar-refractivity contribution is 4.99. The van der Waals surface area contributed by atoms with Crippen molar-refractivity contribution in [3.8, 4) is 0 Å². The summed E-state index contributed by atoms with van der Waals surface area (Å²) in [4.78, 5) is 2.27. The van der Waals surface area contributed by atoms with Crippen molar-refractivity contribution in [2.45, 2.75) is 26.4 Å². The molecule has 0 saturated heterocycles. The van der Waals surface area contributed by atoms with E-state index in [4.69, 9.17) is 5.73 Å². The molecular weight excluding hydrogens is 176 g/mol. The zero-order valence-electron chi connectivity index (χ0n) is 9.11. The lowest BCUT2D eigenvalue weighted by Crippen LogP contribution is -2.23.